The smallest absolute Gasteiger partial charge is 0.262 e. The largest absolute Gasteiger partial charge is 0.497 e. The number of nitrogens with zero attached hydrogens (tertiary/aromatic N) is 2. The molecule has 3 rings (SSSR count). The van der Waals surface area contributed by atoms with E-state index in [1.165, 1.54) is 11.8 Å². The van der Waals surface area contributed by atoms with E-state index >= 15 is 0 Å². The Morgan fingerprint density at radius 2 is 2.00 bits per heavy atom. The molecule has 3 aromatic rings. The number of amides is 1. The molecular weight excluding hydrogens is 466 g/mol. The number of anilines is 1. The maximum atomic E-state index is 13.1. The molecule has 158 valence electrons. The first-order valence-electron chi connectivity index (χ1n) is 9.60. The zero-order valence-corrected chi connectivity index (χ0v) is 19.7. The van der Waals surface area contributed by atoms with E-state index in [9.17, 15) is 9.59 Å². The van der Waals surface area contributed by atoms with Gasteiger partial charge in [-0.2, -0.15) is 0 Å². The summed E-state index contributed by atoms with van der Waals surface area (Å²) < 4.78 is 7.70. The average molecular weight is 490 g/mol. The van der Waals surface area contributed by atoms with Crippen molar-refractivity contribution >= 4 is 50.2 Å². The quantitative estimate of drug-likeness (QED) is 0.375. The second-order valence-corrected chi connectivity index (χ2v) is 9.57. The Morgan fingerprint density at radius 3 is 2.70 bits per heavy atom. The number of aromatic nitrogens is 2. The van der Waals surface area contributed by atoms with Crippen LogP contribution in [0.15, 0.2) is 56.9 Å². The number of benzene rings is 2. The number of carbonyl (C=O) groups is 1. The van der Waals surface area contributed by atoms with Crippen molar-refractivity contribution < 1.29 is 9.53 Å². The van der Waals surface area contributed by atoms with Gasteiger partial charge in [-0.3, -0.25) is 14.2 Å². The van der Waals surface area contributed by atoms with Crippen LogP contribution >= 0.6 is 27.7 Å². The lowest BCUT2D eigenvalue weighted by atomic mass is 10.2. The Bertz CT molecular complexity index is 1130. The van der Waals surface area contributed by atoms with Crippen LogP contribution in [0.4, 0.5) is 5.69 Å². The molecule has 1 N–H and O–H groups in total. The van der Waals surface area contributed by atoms with Gasteiger partial charge < -0.3 is 10.1 Å². The summed E-state index contributed by atoms with van der Waals surface area (Å²) in [7, 11) is 1.58. The first-order chi connectivity index (χ1) is 14.3. The summed E-state index contributed by atoms with van der Waals surface area (Å²) in [6.45, 7) is 6.43. The molecule has 0 bridgehead atoms. The summed E-state index contributed by atoms with van der Waals surface area (Å²) in [4.78, 5) is 30.6. The minimum Gasteiger partial charge on any atom is -0.497 e. The number of nitrogens with one attached hydrogen (secondary N) is 1. The second-order valence-electron chi connectivity index (χ2n) is 7.35. The SMILES string of the molecule is COc1cccc(NC(=O)C(C)Sc2nc3ccc(Br)cc3c(=O)n2CC(C)C)c1. The van der Waals surface area contributed by atoms with Crippen LogP contribution < -0.4 is 15.6 Å². The molecule has 8 heteroatoms. The van der Waals surface area contributed by atoms with Crippen molar-refractivity contribution in [2.24, 2.45) is 5.92 Å². The van der Waals surface area contributed by atoms with E-state index in [1.54, 1.807) is 36.8 Å². The van der Waals surface area contributed by atoms with Gasteiger partial charge in [-0.1, -0.05) is 47.6 Å². The van der Waals surface area contributed by atoms with E-state index in [2.05, 4.69) is 21.2 Å². The van der Waals surface area contributed by atoms with Crippen LogP contribution in [0.3, 0.4) is 0 Å². The highest BCUT2D eigenvalue weighted by atomic mass is 79.9. The monoisotopic (exact) mass is 489 g/mol. The molecule has 1 aromatic heterocycles. The van der Waals surface area contributed by atoms with E-state index in [0.717, 1.165) is 4.47 Å². The number of ether oxygens (including phenoxy) is 1. The van der Waals surface area contributed by atoms with Crippen LogP contribution in [0.2, 0.25) is 0 Å². The topological polar surface area (TPSA) is 73.2 Å². The Labute approximate surface area is 188 Å². The molecule has 2 aromatic carbocycles. The van der Waals surface area contributed by atoms with Gasteiger partial charge in [-0.05, 0) is 43.2 Å². The minimum absolute atomic E-state index is 0.0992. The summed E-state index contributed by atoms with van der Waals surface area (Å²) in [6.07, 6.45) is 0. The number of carbonyl (C=O) groups excluding carboxylic acids is 1. The fourth-order valence-corrected chi connectivity index (χ4v) is 4.22. The predicted octanol–water partition coefficient (Wildman–Crippen LogP) is 4.94. The Hall–Kier alpha value is -2.32. The summed E-state index contributed by atoms with van der Waals surface area (Å²) in [6, 6.07) is 12.6. The van der Waals surface area contributed by atoms with Gasteiger partial charge in [-0.25, -0.2) is 4.98 Å². The molecule has 0 spiro atoms. The number of halogens is 1. The number of hydrogen-bond acceptors (Lipinski definition) is 5. The molecule has 0 saturated carbocycles. The van der Waals surface area contributed by atoms with Crippen LogP contribution in [-0.2, 0) is 11.3 Å². The molecule has 1 heterocycles. The lowest BCUT2D eigenvalue weighted by Gasteiger charge is -2.18. The van der Waals surface area contributed by atoms with Gasteiger partial charge in [0, 0.05) is 22.8 Å². The van der Waals surface area contributed by atoms with E-state index in [-0.39, 0.29) is 17.4 Å². The van der Waals surface area contributed by atoms with E-state index in [1.807, 2.05) is 38.1 Å². The van der Waals surface area contributed by atoms with Gasteiger partial charge >= 0.3 is 0 Å². The van der Waals surface area contributed by atoms with Crippen molar-refractivity contribution in [1.82, 2.24) is 9.55 Å². The first kappa shape index (κ1) is 22.4. The van der Waals surface area contributed by atoms with Crippen molar-refractivity contribution in [1.29, 1.82) is 0 Å². The molecule has 0 saturated heterocycles. The molecule has 6 nitrogen and oxygen atoms in total. The number of fused-ring (bicyclic) bond motifs is 1. The third-order valence-corrected chi connectivity index (χ3v) is 6.00. The second kappa shape index (κ2) is 9.66. The summed E-state index contributed by atoms with van der Waals surface area (Å²) in [5.74, 6) is 0.755. The average Bonchev–Trinajstić information content (AvgIpc) is 2.71. The Balaban J connectivity index is 1.90. The molecule has 0 aliphatic carbocycles. The van der Waals surface area contributed by atoms with Gasteiger partial charge in [0.15, 0.2) is 5.16 Å². The lowest BCUT2D eigenvalue weighted by Crippen LogP contribution is -2.28. The zero-order chi connectivity index (χ0) is 21.8. The highest BCUT2D eigenvalue weighted by Crippen LogP contribution is 2.26. The first-order valence-corrected chi connectivity index (χ1v) is 11.3. The molecule has 0 aliphatic rings. The summed E-state index contributed by atoms with van der Waals surface area (Å²) in [5.41, 5.74) is 1.17. The van der Waals surface area contributed by atoms with Crippen molar-refractivity contribution in [3.63, 3.8) is 0 Å². The Morgan fingerprint density at radius 1 is 1.23 bits per heavy atom. The molecule has 1 amide bonds. The highest BCUT2D eigenvalue weighted by molar-refractivity contribution is 9.10. The third-order valence-electron chi connectivity index (χ3n) is 4.42. The standard InChI is InChI=1S/C22H24BrN3O3S/c1-13(2)12-26-21(28)18-10-15(23)8-9-19(18)25-22(26)30-14(3)20(27)24-16-6-5-7-17(11-16)29-4/h5-11,13-14H,12H2,1-4H3,(H,24,27). The van der Waals surface area contributed by atoms with Crippen LogP contribution in [0, 0.1) is 5.92 Å². The lowest BCUT2D eigenvalue weighted by molar-refractivity contribution is -0.115. The van der Waals surface area contributed by atoms with Crippen LogP contribution in [0.1, 0.15) is 20.8 Å². The van der Waals surface area contributed by atoms with Gasteiger partial charge in [0.2, 0.25) is 5.91 Å². The van der Waals surface area contributed by atoms with Gasteiger partial charge in [0.1, 0.15) is 5.75 Å². The zero-order valence-electron chi connectivity index (χ0n) is 17.3. The third kappa shape index (κ3) is 5.23. The molecule has 1 unspecified atom stereocenters. The molecule has 0 aliphatic heterocycles. The molecule has 1 atom stereocenters. The van der Waals surface area contributed by atoms with Gasteiger partial charge in [0.25, 0.3) is 5.56 Å². The number of thioether (sulfide) groups is 1. The van der Waals surface area contributed by atoms with Crippen molar-refractivity contribution in [2.45, 2.75) is 37.7 Å². The maximum Gasteiger partial charge on any atom is 0.262 e. The van der Waals surface area contributed by atoms with Crippen molar-refractivity contribution in [2.75, 3.05) is 12.4 Å². The van der Waals surface area contributed by atoms with Crippen molar-refractivity contribution in [3.8, 4) is 5.75 Å². The van der Waals surface area contributed by atoms with Crippen LogP contribution in [0.5, 0.6) is 5.75 Å². The van der Waals surface area contributed by atoms with Crippen LogP contribution in [0.25, 0.3) is 10.9 Å². The number of methoxy groups -OCH3 is 1. The number of hydrogen-bond donors (Lipinski definition) is 1. The van der Waals surface area contributed by atoms with Gasteiger partial charge in [-0.15, -0.1) is 0 Å². The summed E-state index contributed by atoms with van der Waals surface area (Å²) >= 11 is 4.70. The maximum absolute atomic E-state index is 13.1. The number of rotatable bonds is 7. The normalized spacial score (nSPS) is 12.2. The van der Waals surface area contributed by atoms with E-state index < -0.39 is 5.25 Å². The molecule has 0 radical (unpaired) electrons. The Kier molecular flexibility index (Phi) is 7.20. The minimum atomic E-state index is -0.450. The predicted molar refractivity (Wildman–Crippen MR) is 125 cm³/mol. The van der Waals surface area contributed by atoms with Gasteiger partial charge in [0.05, 0.1) is 23.3 Å². The molecular formula is C22H24BrN3O3S. The van der Waals surface area contributed by atoms with Crippen molar-refractivity contribution in [3.05, 3.63) is 57.3 Å². The fraction of sp³-hybridized carbons (Fsp3) is 0.318. The molecule has 0 fully saturated rings. The van der Waals surface area contributed by atoms with Crippen LogP contribution in [-0.4, -0.2) is 27.8 Å². The fourth-order valence-electron chi connectivity index (χ4n) is 2.95. The highest BCUT2D eigenvalue weighted by Gasteiger charge is 2.20. The van der Waals surface area contributed by atoms with E-state index in [4.69, 9.17) is 9.72 Å². The van der Waals surface area contributed by atoms with E-state index in [0.29, 0.717) is 34.0 Å². The summed E-state index contributed by atoms with van der Waals surface area (Å²) in [5, 5.41) is 3.54. The molecule has 30 heavy (non-hydrogen) atoms.